The van der Waals surface area contributed by atoms with Crippen molar-refractivity contribution in [1.29, 1.82) is 0 Å². The van der Waals surface area contributed by atoms with Crippen molar-refractivity contribution < 1.29 is 4.74 Å². The Hall–Kier alpha value is -0.870. The number of aromatic nitrogens is 2. The van der Waals surface area contributed by atoms with Crippen molar-refractivity contribution in [3.05, 3.63) is 18.2 Å². The molecule has 2 aliphatic rings. The second kappa shape index (κ2) is 5.63. The van der Waals surface area contributed by atoms with Crippen molar-refractivity contribution >= 4 is 0 Å². The lowest BCUT2D eigenvalue weighted by atomic mass is 9.86. The average Bonchev–Trinajstić information content (AvgIpc) is 3.09. The van der Waals surface area contributed by atoms with E-state index < -0.39 is 0 Å². The van der Waals surface area contributed by atoms with Crippen LogP contribution in [-0.4, -0.2) is 22.8 Å². The molecule has 0 spiro atoms. The summed E-state index contributed by atoms with van der Waals surface area (Å²) in [5, 5.41) is 0. The Balaban J connectivity index is 1.77. The molecule has 4 heteroatoms. The highest BCUT2D eigenvalue weighted by Crippen LogP contribution is 2.35. The van der Waals surface area contributed by atoms with Crippen LogP contribution in [0, 0.1) is 11.8 Å². The maximum absolute atomic E-state index is 6.45. The van der Waals surface area contributed by atoms with Crippen molar-refractivity contribution in [2.75, 3.05) is 13.2 Å². The molecule has 0 radical (unpaired) electrons. The van der Waals surface area contributed by atoms with Crippen LogP contribution in [0.25, 0.3) is 0 Å². The Labute approximate surface area is 115 Å². The van der Waals surface area contributed by atoms with Crippen molar-refractivity contribution in [3.8, 4) is 0 Å². The van der Waals surface area contributed by atoms with Crippen molar-refractivity contribution in [2.45, 2.75) is 51.1 Å². The zero-order valence-electron chi connectivity index (χ0n) is 11.8. The summed E-state index contributed by atoms with van der Waals surface area (Å²) in [5.41, 5.74) is 7.65. The smallest absolute Gasteiger partial charge is 0.0951 e. The van der Waals surface area contributed by atoms with Gasteiger partial charge in [0.15, 0.2) is 0 Å². The molecule has 1 saturated carbocycles. The molecule has 19 heavy (non-hydrogen) atoms. The van der Waals surface area contributed by atoms with E-state index in [1.165, 1.54) is 31.4 Å². The molecule has 1 aromatic heterocycles. The van der Waals surface area contributed by atoms with Crippen molar-refractivity contribution in [1.82, 2.24) is 9.55 Å². The molecular weight excluding hydrogens is 238 g/mol. The number of imidazole rings is 1. The second-order valence-electron chi connectivity index (χ2n) is 6.30. The normalized spacial score (nSPS) is 33.5. The van der Waals surface area contributed by atoms with Gasteiger partial charge in [-0.25, -0.2) is 4.98 Å². The van der Waals surface area contributed by atoms with E-state index in [1.807, 2.05) is 12.5 Å². The molecule has 2 heterocycles. The lowest BCUT2D eigenvalue weighted by Gasteiger charge is -2.30. The van der Waals surface area contributed by atoms with Gasteiger partial charge in [-0.05, 0) is 25.2 Å². The maximum atomic E-state index is 6.45. The molecular formula is C15H25N3O. The number of hydrogen-bond donors (Lipinski definition) is 1. The average molecular weight is 263 g/mol. The van der Waals surface area contributed by atoms with Gasteiger partial charge in [0.1, 0.15) is 0 Å². The van der Waals surface area contributed by atoms with E-state index in [0.717, 1.165) is 25.6 Å². The Morgan fingerprint density at radius 1 is 1.42 bits per heavy atom. The third kappa shape index (κ3) is 2.70. The van der Waals surface area contributed by atoms with Gasteiger partial charge < -0.3 is 15.0 Å². The van der Waals surface area contributed by atoms with E-state index in [1.54, 1.807) is 0 Å². The summed E-state index contributed by atoms with van der Waals surface area (Å²) in [5.74, 6) is 1.27. The number of ether oxygens (including phenoxy) is 1. The lowest BCUT2D eigenvalue weighted by Crippen LogP contribution is -2.27. The molecule has 0 aromatic carbocycles. The number of hydrogen-bond acceptors (Lipinski definition) is 3. The molecule has 1 saturated heterocycles. The largest absolute Gasteiger partial charge is 0.381 e. The van der Waals surface area contributed by atoms with E-state index in [-0.39, 0.29) is 6.04 Å². The Bertz CT molecular complexity index is 395. The molecule has 3 rings (SSSR count). The summed E-state index contributed by atoms with van der Waals surface area (Å²) < 4.78 is 7.81. The zero-order chi connectivity index (χ0) is 13.2. The minimum Gasteiger partial charge on any atom is -0.381 e. The molecule has 2 N–H and O–H groups in total. The van der Waals surface area contributed by atoms with Crippen molar-refractivity contribution in [3.63, 3.8) is 0 Å². The predicted octanol–water partition coefficient (Wildman–Crippen LogP) is 2.67. The van der Waals surface area contributed by atoms with Crippen LogP contribution < -0.4 is 5.73 Å². The summed E-state index contributed by atoms with van der Waals surface area (Å²) in [6.07, 6.45) is 10.2. The topological polar surface area (TPSA) is 53.1 Å². The van der Waals surface area contributed by atoms with Gasteiger partial charge in [-0.1, -0.05) is 19.8 Å². The van der Waals surface area contributed by atoms with Gasteiger partial charge in [0.25, 0.3) is 0 Å². The Kier molecular flexibility index (Phi) is 3.89. The molecule has 4 nitrogen and oxygen atoms in total. The molecule has 1 aromatic rings. The van der Waals surface area contributed by atoms with Crippen LogP contribution in [0.1, 0.15) is 56.8 Å². The van der Waals surface area contributed by atoms with Crippen LogP contribution in [0.5, 0.6) is 0 Å². The fourth-order valence-electron chi connectivity index (χ4n) is 3.61. The first-order valence-electron chi connectivity index (χ1n) is 7.60. The zero-order valence-corrected chi connectivity index (χ0v) is 11.8. The van der Waals surface area contributed by atoms with Crippen LogP contribution in [-0.2, 0) is 4.74 Å². The SMILES string of the molecule is CC1CCCC(n2cncc2C(N)C2CCOC2)C1. The quantitative estimate of drug-likeness (QED) is 0.912. The lowest BCUT2D eigenvalue weighted by molar-refractivity contribution is 0.179. The van der Waals surface area contributed by atoms with Crippen molar-refractivity contribution in [2.24, 2.45) is 17.6 Å². The summed E-state index contributed by atoms with van der Waals surface area (Å²) >= 11 is 0. The maximum Gasteiger partial charge on any atom is 0.0951 e. The van der Waals surface area contributed by atoms with E-state index in [9.17, 15) is 0 Å². The monoisotopic (exact) mass is 263 g/mol. The third-order valence-corrected chi connectivity index (χ3v) is 4.81. The van der Waals surface area contributed by atoms with E-state index >= 15 is 0 Å². The highest BCUT2D eigenvalue weighted by atomic mass is 16.5. The molecule has 1 aliphatic carbocycles. The minimum absolute atomic E-state index is 0.0715. The first-order chi connectivity index (χ1) is 9.25. The van der Waals surface area contributed by atoms with Gasteiger partial charge in [-0.3, -0.25) is 0 Å². The Morgan fingerprint density at radius 3 is 3.05 bits per heavy atom. The first kappa shape index (κ1) is 13.1. The van der Waals surface area contributed by atoms with E-state index in [2.05, 4.69) is 16.5 Å². The van der Waals surface area contributed by atoms with Crippen LogP contribution in [0.2, 0.25) is 0 Å². The number of nitrogens with two attached hydrogens (primary N) is 1. The molecule has 4 atom stereocenters. The highest BCUT2D eigenvalue weighted by Gasteiger charge is 2.29. The first-order valence-corrected chi connectivity index (χ1v) is 7.60. The summed E-state index contributed by atoms with van der Waals surface area (Å²) in [6.45, 7) is 4.01. The number of nitrogens with zero attached hydrogens (tertiary/aromatic N) is 2. The fourth-order valence-corrected chi connectivity index (χ4v) is 3.61. The molecule has 0 amide bonds. The van der Waals surface area contributed by atoms with Gasteiger partial charge in [0, 0.05) is 24.8 Å². The fraction of sp³-hybridized carbons (Fsp3) is 0.800. The summed E-state index contributed by atoms with van der Waals surface area (Å²) in [6, 6.07) is 0.664. The van der Waals surface area contributed by atoms with E-state index in [4.69, 9.17) is 10.5 Å². The highest BCUT2D eigenvalue weighted by molar-refractivity contribution is 5.09. The van der Waals surface area contributed by atoms with Gasteiger partial charge in [-0.15, -0.1) is 0 Å². The number of rotatable bonds is 3. The molecule has 106 valence electrons. The standard InChI is InChI=1S/C15H25N3O/c1-11-3-2-4-13(7-11)18-10-17-8-14(18)15(16)12-5-6-19-9-12/h8,10-13,15H,2-7,9,16H2,1H3. The van der Waals surface area contributed by atoms with Crippen LogP contribution in [0.3, 0.4) is 0 Å². The molecule has 1 aliphatic heterocycles. The van der Waals surface area contributed by atoms with Crippen LogP contribution in [0.15, 0.2) is 12.5 Å². The van der Waals surface area contributed by atoms with Gasteiger partial charge >= 0.3 is 0 Å². The predicted molar refractivity (Wildman–Crippen MR) is 74.8 cm³/mol. The molecule has 4 unspecified atom stereocenters. The summed E-state index contributed by atoms with van der Waals surface area (Å²) in [7, 11) is 0. The second-order valence-corrected chi connectivity index (χ2v) is 6.30. The minimum atomic E-state index is 0.0715. The van der Waals surface area contributed by atoms with Gasteiger partial charge in [0.05, 0.1) is 24.7 Å². The van der Waals surface area contributed by atoms with E-state index in [0.29, 0.717) is 12.0 Å². The van der Waals surface area contributed by atoms with Crippen LogP contribution >= 0.6 is 0 Å². The summed E-state index contributed by atoms with van der Waals surface area (Å²) in [4.78, 5) is 4.36. The Morgan fingerprint density at radius 2 is 2.32 bits per heavy atom. The van der Waals surface area contributed by atoms with Gasteiger partial charge in [0.2, 0.25) is 0 Å². The third-order valence-electron chi connectivity index (χ3n) is 4.81. The molecule has 2 fully saturated rings. The van der Waals surface area contributed by atoms with Gasteiger partial charge in [-0.2, -0.15) is 0 Å². The van der Waals surface area contributed by atoms with Crippen LogP contribution in [0.4, 0.5) is 0 Å². The molecule has 0 bridgehead atoms.